The van der Waals surface area contributed by atoms with E-state index in [2.05, 4.69) is 10.1 Å². The first kappa shape index (κ1) is 30.8. The molecule has 0 radical (unpaired) electrons. The van der Waals surface area contributed by atoms with Crippen molar-refractivity contribution < 1.29 is 27.8 Å². The van der Waals surface area contributed by atoms with Gasteiger partial charge in [-0.2, -0.15) is 0 Å². The smallest absolute Gasteiger partial charge is 0.269 e. The Morgan fingerprint density at radius 1 is 1.02 bits per heavy atom. The second kappa shape index (κ2) is 13.3. The number of piperazine rings is 1. The largest absolute Gasteiger partial charge is 0.360 e. The van der Waals surface area contributed by atoms with E-state index >= 15 is 0 Å². The summed E-state index contributed by atoms with van der Waals surface area (Å²) >= 11 is 6.29. The van der Waals surface area contributed by atoms with Gasteiger partial charge in [0.2, 0.25) is 0 Å². The van der Waals surface area contributed by atoms with Crippen molar-refractivity contribution in [3.8, 4) is 11.3 Å². The summed E-state index contributed by atoms with van der Waals surface area (Å²) in [6.45, 7) is 4.39. The second-order valence-electron chi connectivity index (χ2n) is 10.4. The van der Waals surface area contributed by atoms with Gasteiger partial charge in [-0.3, -0.25) is 24.6 Å². The van der Waals surface area contributed by atoms with Crippen LogP contribution < -0.4 is 0 Å². The van der Waals surface area contributed by atoms with Crippen LogP contribution in [0.25, 0.3) is 11.3 Å². The fraction of sp³-hybridized carbons (Fsp3) is 0.258. The number of hydrogen-bond donors (Lipinski definition) is 0. The van der Waals surface area contributed by atoms with Crippen molar-refractivity contribution in [3.63, 3.8) is 0 Å². The molecule has 0 N–H and O–H groups in total. The Labute approximate surface area is 256 Å². The molecule has 5 rings (SSSR count). The summed E-state index contributed by atoms with van der Waals surface area (Å²) in [7, 11) is 0. The monoisotopic (exact) mass is 623 g/mol. The molecule has 0 saturated carbocycles. The van der Waals surface area contributed by atoms with Crippen LogP contribution in [0.2, 0.25) is 5.02 Å². The lowest BCUT2D eigenvalue weighted by atomic mass is 10.0. The van der Waals surface area contributed by atoms with E-state index in [1.165, 1.54) is 54.6 Å². The highest BCUT2D eigenvalue weighted by atomic mass is 35.5. The van der Waals surface area contributed by atoms with Crippen LogP contribution >= 0.6 is 11.6 Å². The molecular formula is C31H28ClF2N5O5. The molecule has 2 heterocycles. The van der Waals surface area contributed by atoms with Crippen molar-refractivity contribution in [2.45, 2.75) is 13.5 Å². The summed E-state index contributed by atoms with van der Waals surface area (Å²) in [6.07, 6.45) is 0. The molecule has 1 fully saturated rings. The zero-order valence-corrected chi connectivity index (χ0v) is 24.5. The number of aromatic nitrogens is 1. The Balaban J connectivity index is 1.30. The lowest BCUT2D eigenvalue weighted by molar-refractivity contribution is -0.384. The van der Waals surface area contributed by atoms with Crippen molar-refractivity contribution >= 4 is 29.1 Å². The molecule has 4 aromatic rings. The Bertz CT molecular complexity index is 1650. The first-order chi connectivity index (χ1) is 21.1. The lowest BCUT2D eigenvalue weighted by Crippen LogP contribution is -2.50. The van der Waals surface area contributed by atoms with E-state index in [1.54, 1.807) is 28.9 Å². The van der Waals surface area contributed by atoms with Gasteiger partial charge >= 0.3 is 0 Å². The second-order valence-corrected chi connectivity index (χ2v) is 10.8. The molecule has 3 aromatic carbocycles. The van der Waals surface area contributed by atoms with Crippen LogP contribution in [0.3, 0.4) is 0 Å². The molecule has 44 heavy (non-hydrogen) atoms. The van der Waals surface area contributed by atoms with E-state index in [0.29, 0.717) is 43.9 Å². The Morgan fingerprint density at radius 3 is 2.34 bits per heavy atom. The van der Waals surface area contributed by atoms with E-state index in [0.717, 1.165) is 0 Å². The maximum absolute atomic E-state index is 14.8. The number of rotatable bonds is 9. The predicted octanol–water partition coefficient (Wildman–Crippen LogP) is 5.59. The van der Waals surface area contributed by atoms with Gasteiger partial charge in [0.25, 0.3) is 17.5 Å². The average Bonchev–Trinajstić information content (AvgIpc) is 3.40. The molecule has 0 spiro atoms. The summed E-state index contributed by atoms with van der Waals surface area (Å²) in [5, 5.41) is 15.0. The summed E-state index contributed by atoms with van der Waals surface area (Å²) in [5.41, 5.74) is 1.02. The number of non-ortho nitro benzene ring substituents is 1. The van der Waals surface area contributed by atoms with Crippen molar-refractivity contribution in [1.29, 1.82) is 0 Å². The Kier molecular flexibility index (Phi) is 9.31. The molecule has 0 unspecified atom stereocenters. The van der Waals surface area contributed by atoms with E-state index in [-0.39, 0.29) is 52.3 Å². The van der Waals surface area contributed by atoms with Gasteiger partial charge in [-0.1, -0.05) is 35.0 Å². The van der Waals surface area contributed by atoms with Crippen LogP contribution in [0.4, 0.5) is 14.5 Å². The number of nitrogens with zero attached hydrogens (tertiary/aromatic N) is 5. The molecule has 1 aliphatic rings. The molecule has 0 atom stereocenters. The van der Waals surface area contributed by atoms with Gasteiger partial charge in [0, 0.05) is 63.5 Å². The minimum absolute atomic E-state index is 0.00178. The first-order valence-corrected chi connectivity index (χ1v) is 14.2. The van der Waals surface area contributed by atoms with Crippen molar-refractivity contribution in [3.05, 3.63) is 116 Å². The molecular weight excluding hydrogens is 596 g/mol. The van der Waals surface area contributed by atoms with E-state index in [9.17, 15) is 28.5 Å². The van der Waals surface area contributed by atoms with Crippen molar-refractivity contribution in [2.24, 2.45) is 0 Å². The fourth-order valence-electron chi connectivity index (χ4n) is 5.08. The maximum Gasteiger partial charge on any atom is 0.269 e. The van der Waals surface area contributed by atoms with Crippen molar-refractivity contribution in [2.75, 3.05) is 39.3 Å². The van der Waals surface area contributed by atoms with Gasteiger partial charge in [0.05, 0.1) is 15.5 Å². The van der Waals surface area contributed by atoms with Crippen LogP contribution in [0.15, 0.2) is 71.3 Å². The number of benzene rings is 3. The Hall–Kier alpha value is -4.68. The minimum atomic E-state index is -0.647. The van der Waals surface area contributed by atoms with Crippen molar-refractivity contribution in [1.82, 2.24) is 19.9 Å². The number of halogens is 3. The fourth-order valence-corrected chi connectivity index (χ4v) is 5.34. The lowest BCUT2D eigenvalue weighted by Gasteiger charge is -2.36. The van der Waals surface area contributed by atoms with Crippen LogP contribution in [0, 0.1) is 28.7 Å². The van der Waals surface area contributed by atoms with Crippen LogP contribution in [-0.4, -0.2) is 75.9 Å². The number of amides is 2. The number of hydrogen-bond acceptors (Lipinski definition) is 7. The third-order valence-electron chi connectivity index (χ3n) is 7.52. The summed E-state index contributed by atoms with van der Waals surface area (Å²) in [4.78, 5) is 42.7. The summed E-state index contributed by atoms with van der Waals surface area (Å²) in [6, 6.07) is 15.5. The summed E-state index contributed by atoms with van der Waals surface area (Å²) in [5.74, 6) is -1.51. The minimum Gasteiger partial charge on any atom is -0.360 e. The van der Waals surface area contributed by atoms with Gasteiger partial charge in [0.15, 0.2) is 0 Å². The highest BCUT2D eigenvalue weighted by molar-refractivity contribution is 6.33. The SMILES string of the molecule is Cc1onc(-c2c(F)cccc2Cl)c1C(=O)N(CCN1CCN(C(=O)c2ccc([N+](=O)[O-])cc2)CC1)Cc1ccc(F)cc1. The van der Waals surface area contributed by atoms with Gasteiger partial charge < -0.3 is 14.3 Å². The topological polar surface area (TPSA) is 113 Å². The average molecular weight is 624 g/mol. The molecule has 13 heteroatoms. The maximum atomic E-state index is 14.8. The predicted molar refractivity (Wildman–Crippen MR) is 158 cm³/mol. The van der Waals surface area contributed by atoms with Crippen LogP contribution in [-0.2, 0) is 6.54 Å². The zero-order valence-electron chi connectivity index (χ0n) is 23.7. The third-order valence-corrected chi connectivity index (χ3v) is 7.84. The highest BCUT2D eigenvalue weighted by Gasteiger charge is 2.30. The number of carbonyl (C=O) groups excluding carboxylic acids is 2. The van der Waals surface area contributed by atoms with Crippen LogP contribution in [0.5, 0.6) is 0 Å². The standard InChI is InChI=1S/C31H28ClF2N5O5/c1-20-27(29(35-44-20)28-25(32)3-2-4-26(28)34)31(41)38(19-21-5-9-23(33)10-6-21)18-15-36-13-16-37(17-14-36)30(40)22-7-11-24(12-8-22)39(42)43/h2-12H,13-19H2,1H3. The van der Waals surface area contributed by atoms with Gasteiger partial charge in [-0.25, -0.2) is 8.78 Å². The van der Waals surface area contributed by atoms with Gasteiger partial charge in [0.1, 0.15) is 28.7 Å². The molecule has 1 aromatic heterocycles. The molecule has 1 aliphatic heterocycles. The highest BCUT2D eigenvalue weighted by Crippen LogP contribution is 2.34. The summed E-state index contributed by atoms with van der Waals surface area (Å²) < 4.78 is 33.8. The van der Waals surface area contributed by atoms with E-state index in [1.807, 2.05) is 0 Å². The molecule has 0 aliphatic carbocycles. The zero-order chi connectivity index (χ0) is 31.4. The third kappa shape index (κ3) is 6.76. The van der Waals surface area contributed by atoms with E-state index < -0.39 is 22.5 Å². The van der Waals surface area contributed by atoms with Crippen LogP contribution in [0.1, 0.15) is 32.0 Å². The van der Waals surface area contributed by atoms with E-state index in [4.69, 9.17) is 16.1 Å². The number of nitro groups is 1. The molecule has 2 amide bonds. The molecule has 1 saturated heterocycles. The first-order valence-electron chi connectivity index (χ1n) is 13.8. The molecule has 0 bridgehead atoms. The molecule has 10 nitrogen and oxygen atoms in total. The van der Waals surface area contributed by atoms with Gasteiger partial charge in [-0.05, 0) is 48.9 Å². The quantitative estimate of drug-likeness (QED) is 0.176. The normalized spacial score (nSPS) is 13.6. The number of aryl methyl sites for hydroxylation is 1. The molecule has 228 valence electrons. The number of carbonyl (C=O) groups is 2. The Morgan fingerprint density at radius 2 is 1.70 bits per heavy atom. The van der Waals surface area contributed by atoms with Gasteiger partial charge in [-0.15, -0.1) is 0 Å². The number of nitro benzene ring substituents is 1.